The van der Waals surface area contributed by atoms with Crippen LogP contribution in [-0.2, 0) is 19.3 Å². The Hall–Kier alpha value is -4.61. The maximum atomic E-state index is 13.0. The standard InChI is InChI=1S/C25H21F3N4O5/c1-15-10-19(6-8-21(15)32(34)35)36-14-20-7-9-22(37-20)24(33)29-23-11-16(2)31(30-23)13-17-4-3-5-18(12-17)25(26,27)28/h3-12H,13-14H2,1-2H3,(H,29,30,33). The van der Waals surface area contributed by atoms with Crippen LogP contribution in [0.2, 0.25) is 0 Å². The van der Waals surface area contributed by atoms with E-state index in [0.717, 1.165) is 12.1 Å². The van der Waals surface area contributed by atoms with E-state index in [0.29, 0.717) is 28.3 Å². The molecule has 0 unspecified atom stereocenters. The molecule has 0 radical (unpaired) electrons. The van der Waals surface area contributed by atoms with Crippen molar-refractivity contribution in [3.8, 4) is 5.75 Å². The Morgan fingerprint density at radius 1 is 1.14 bits per heavy atom. The van der Waals surface area contributed by atoms with Crippen molar-refractivity contribution in [2.24, 2.45) is 0 Å². The summed E-state index contributed by atoms with van der Waals surface area (Å²) in [7, 11) is 0. The third kappa shape index (κ3) is 6.15. The van der Waals surface area contributed by atoms with Crippen molar-refractivity contribution in [2.45, 2.75) is 33.2 Å². The van der Waals surface area contributed by atoms with Crippen molar-refractivity contribution in [1.82, 2.24) is 9.78 Å². The van der Waals surface area contributed by atoms with Gasteiger partial charge in [0, 0.05) is 23.4 Å². The quantitative estimate of drug-likeness (QED) is 0.231. The van der Waals surface area contributed by atoms with E-state index in [1.807, 2.05) is 0 Å². The number of ether oxygens (including phenoxy) is 1. The smallest absolute Gasteiger partial charge is 0.416 e. The van der Waals surface area contributed by atoms with Crippen molar-refractivity contribution < 1.29 is 32.0 Å². The van der Waals surface area contributed by atoms with Crippen LogP contribution in [-0.4, -0.2) is 20.6 Å². The highest BCUT2D eigenvalue weighted by atomic mass is 19.4. The highest BCUT2D eigenvalue weighted by Crippen LogP contribution is 2.30. The van der Waals surface area contributed by atoms with Crippen LogP contribution in [0.4, 0.5) is 24.7 Å². The number of nitrogens with zero attached hydrogens (tertiary/aromatic N) is 3. The van der Waals surface area contributed by atoms with Crippen molar-refractivity contribution in [3.05, 3.63) is 105 Å². The van der Waals surface area contributed by atoms with E-state index in [-0.39, 0.29) is 30.4 Å². The maximum absolute atomic E-state index is 13.0. The van der Waals surface area contributed by atoms with Gasteiger partial charge < -0.3 is 14.5 Å². The van der Waals surface area contributed by atoms with Crippen LogP contribution in [0, 0.1) is 24.0 Å². The Kier molecular flexibility index (Phi) is 7.00. The number of hydrogen-bond donors (Lipinski definition) is 1. The lowest BCUT2D eigenvalue weighted by atomic mass is 10.1. The molecule has 0 aliphatic carbocycles. The number of hydrogen-bond acceptors (Lipinski definition) is 6. The third-order valence-corrected chi connectivity index (χ3v) is 5.44. The van der Waals surface area contributed by atoms with Gasteiger partial charge >= 0.3 is 6.18 Å². The summed E-state index contributed by atoms with van der Waals surface area (Å²) in [6, 6.07) is 13.9. The number of nitro benzene ring substituents is 1. The van der Waals surface area contributed by atoms with Gasteiger partial charge in [-0.15, -0.1) is 0 Å². The number of nitrogens with one attached hydrogen (secondary N) is 1. The predicted molar refractivity (Wildman–Crippen MR) is 126 cm³/mol. The number of carbonyl (C=O) groups excluding carboxylic acids is 1. The van der Waals surface area contributed by atoms with E-state index >= 15 is 0 Å². The van der Waals surface area contributed by atoms with E-state index in [1.54, 1.807) is 32.0 Å². The van der Waals surface area contributed by atoms with Crippen LogP contribution >= 0.6 is 0 Å². The zero-order chi connectivity index (χ0) is 26.7. The lowest BCUT2D eigenvalue weighted by Gasteiger charge is -2.09. The average molecular weight is 514 g/mol. The van der Waals surface area contributed by atoms with Gasteiger partial charge in [0.15, 0.2) is 11.6 Å². The van der Waals surface area contributed by atoms with E-state index in [9.17, 15) is 28.1 Å². The lowest BCUT2D eigenvalue weighted by molar-refractivity contribution is -0.385. The number of furan rings is 1. The SMILES string of the molecule is Cc1cc(OCc2ccc(C(=O)Nc3cc(C)n(Cc4cccc(C(F)(F)F)c4)n3)o2)ccc1[N+](=O)[O-]. The molecule has 0 spiro atoms. The molecule has 2 aromatic carbocycles. The molecule has 0 saturated heterocycles. The fourth-order valence-corrected chi connectivity index (χ4v) is 3.58. The molecule has 1 amide bonds. The summed E-state index contributed by atoms with van der Waals surface area (Å²) >= 11 is 0. The molecule has 4 aromatic rings. The zero-order valence-electron chi connectivity index (χ0n) is 19.7. The minimum Gasteiger partial charge on any atom is -0.486 e. The molecule has 2 aromatic heterocycles. The first-order valence-electron chi connectivity index (χ1n) is 11.0. The van der Waals surface area contributed by atoms with Crippen LogP contribution in [0.5, 0.6) is 5.75 Å². The average Bonchev–Trinajstić information content (AvgIpc) is 3.44. The maximum Gasteiger partial charge on any atom is 0.416 e. The minimum atomic E-state index is -4.44. The number of anilines is 1. The molecule has 12 heteroatoms. The zero-order valence-corrected chi connectivity index (χ0v) is 19.7. The summed E-state index contributed by atoms with van der Waals surface area (Å²) in [6.07, 6.45) is -4.44. The number of carbonyl (C=O) groups is 1. The van der Waals surface area contributed by atoms with Gasteiger partial charge in [-0.05, 0) is 55.8 Å². The molecule has 37 heavy (non-hydrogen) atoms. The van der Waals surface area contributed by atoms with E-state index < -0.39 is 22.6 Å². The second kappa shape index (κ2) is 10.2. The largest absolute Gasteiger partial charge is 0.486 e. The normalized spacial score (nSPS) is 11.4. The fourth-order valence-electron chi connectivity index (χ4n) is 3.58. The number of aromatic nitrogens is 2. The van der Waals surface area contributed by atoms with Crippen molar-refractivity contribution >= 4 is 17.4 Å². The predicted octanol–water partition coefficient (Wildman–Crippen LogP) is 5.90. The number of amides is 1. The highest BCUT2D eigenvalue weighted by molar-refractivity contribution is 6.01. The van der Waals surface area contributed by atoms with Crippen LogP contribution < -0.4 is 10.1 Å². The van der Waals surface area contributed by atoms with Crippen LogP contribution in [0.15, 0.2) is 65.1 Å². The van der Waals surface area contributed by atoms with E-state index in [2.05, 4.69) is 10.4 Å². The Balaban J connectivity index is 1.37. The van der Waals surface area contributed by atoms with E-state index in [1.165, 1.54) is 35.0 Å². The Labute approximate surface area is 208 Å². The van der Waals surface area contributed by atoms with Gasteiger partial charge in [0.2, 0.25) is 0 Å². The van der Waals surface area contributed by atoms with Gasteiger partial charge in [0.05, 0.1) is 17.0 Å². The molecular formula is C25H21F3N4O5. The summed E-state index contributed by atoms with van der Waals surface area (Å²) in [5, 5.41) is 17.8. The number of rotatable bonds is 8. The summed E-state index contributed by atoms with van der Waals surface area (Å²) < 4.78 is 51.5. The van der Waals surface area contributed by atoms with Gasteiger partial charge in [0.1, 0.15) is 18.1 Å². The van der Waals surface area contributed by atoms with E-state index in [4.69, 9.17) is 9.15 Å². The summed E-state index contributed by atoms with van der Waals surface area (Å²) in [5.41, 5.74) is 0.740. The number of halogens is 3. The Morgan fingerprint density at radius 3 is 2.62 bits per heavy atom. The number of nitro groups is 1. The van der Waals surface area contributed by atoms with Crippen molar-refractivity contribution in [2.75, 3.05) is 5.32 Å². The molecule has 0 aliphatic heterocycles. The molecule has 0 fully saturated rings. The number of benzene rings is 2. The molecule has 0 saturated carbocycles. The van der Waals surface area contributed by atoms with Crippen LogP contribution in [0.1, 0.15) is 38.7 Å². The Bertz CT molecular complexity index is 1460. The molecule has 0 atom stereocenters. The number of alkyl halides is 3. The molecule has 9 nitrogen and oxygen atoms in total. The second-order valence-electron chi connectivity index (χ2n) is 8.24. The van der Waals surface area contributed by atoms with Crippen LogP contribution in [0.3, 0.4) is 0 Å². The molecule has 2 heterocycles. The molecular weight excluding hydrogens is 493 g/mol. The van der Waals surface area contributed by atoms with Gasteiger partial charge in [0.25, 0.3) is 11.6 Å². The van der Waals surface area contributed by atoms with Gasteiger partial charge in [-0.1, -0.05) is 12.1 Å². The molecule has 192 valence electrons. The summed E-state index contributed by atoms with van der Waals surface area (Å²) in [6.45, 7) is 3.41. The first-order valence-corrected chi connectivity index (χ1v) is 11.0. The number of aryl methyl sites for hydroxylation is 2. The van der Waals surface area contributed by atoms with Crippen molar-refractivity contribution in [3.63, 3.8) is 0 Å². The van der Waals surface area contributed by atoms with Crippen molar-refractivity contribution in [1.29, 1.82) is 0 Å². The molecule has 0 aliphatic rings. The van der Waals surface area contributed by atoms with Gasteiger partial charge in [-0.2, -0.15) is 18.3 Å². The molecule has 1 N–H and O–H groups in total. The van der Waals surface area contributed by atoms with Crippen LogP contribution in [0.25, 0.3) is 0 Å². The Morgan fingerprint density at radius 2 is 1.92 bits per heavy atom. The summed E-state index contributed by atoms with van der Waals surface area (Å²) in [4.78, 5) is 23.0. The lowest BCUT2D eigenvalue weighted by Crippen LogP contribution is -2.12. The van der Waals surface area contributed by atoms with Gasteiger partial charge in [-0.25, -0.2) is 0 Å². The third-order valence-electron chi connectivity index (χ3n) is 5.44. The first-order chi connectivity index (χ1) is 17.5. The highest BCUT2D eigenvalue weighted by Gasteiger charge is 2.30. The monoisotopic (exact) mass is 514 g/mol. The topological polar surface area (TPSA) is 112 Å². The molecule has 4 rings (SSSR count). The second-order valence-corrected chi connectivity index (χ2v) is 8.24. The summed E-state index contributed by atoms with van der Waals surface area (Å²) in [5.74, 6) is 0.412. The van der Waals surface area contributed by atoms with Gasteiger partial charge in [-0.3, -0.25) is 19.6 Å². The fraction of sp³-hybridized carbons (Fsp3) is 0.200. The molecule has 0 bridgehead atoms. The first kappa shape index (κ1) is 25.5. The minimum absolute atomic E-state index is 0.00330.